The molecule has 0 saturated heterocycles. The van der Waals surface area contributed by atoms with Gasteiger partial charge in [0.25, 0.3) is 5.91 Å². The number of furan rings is 1. The molecule has 1 aromatic carbocycles. The summed E-state index contributed by atoms with van der Waals surface area (Å²) >= 11 is 0. The number of carbonyl (C=O) groups is 1. The van der Waals surface area contributed by atoms with Crippen molar-refractivity contribution in [3.05, 3.63) is 47.9 Å². The zero-order chi connectivity index (χ0) is 19.2. The minimum absolute atomic E-state index is 0.0117. The molecule has 0 radical (unpaired) electrons. The molecule has 1 aromatic heterocycles. The van der Waals surface area contributed by atoms with Crippen LogP contribution in [0.2, 0.25) is 0 Å². The minimum Gasteiger partial charge on any atom is -0.482 e. The number of carbonyl (C=O) groups excluding carboxylic acids is 1. The standard InChI is InChI=1S/C20H26N4O3/c1-14-9-10-17(27-14)15(2)23-20(21-3)22-11-6-12-24-16-7-4-5-8-18(16)26-13-19(24)25/h4-5,7-10,15H,6,11-13H2,1-3H3,(H2,21,22,23). The van der Waals surface area contributed by atoms with Crippen LogP contribution in [0.25, 0.3) is 0 Å². The lowest BCUT2D eigenvalue weighted by Gasteiger charge is -2.29. The molecule has 0 bridgehead atoms. The van der Waals surface area contributed by atoms with E-state index in [-0.39, 0.29) is 18.6 Å². The number of hydrogen-bond acceptors (Lipinski definition) is 4. The Bertz CT molecular complexity index is 815. The number of nitrogens with zero attached hydrogens (tertiary/aromatic N) is 2. The SMILES string of the molecule is CN=C(NCCCN1C(=O)COc2ccccc21)NC(C)c1ccc(C)o1. The van der Waals surface area contributed by atoms with Crippen molar-refractivity contribution in [2.75, 3.05) is 31.6 Å². The monoisotopic (exact) mass is 370 g/mol. The highest BCUT2D eigenvalue weighted by Crippen LogP contribution is 2.31. The Hall–Kier alpha value is -2.96. The van der Waals surface area contributed by atoms with Gasteiger partial charge in [-0.2, -0.15) is 0 Å². The van der Waals surface area contributed by atoms with Crippen LogP contribution in [0.3, 0.4) is 0 Å². The van der Waals surface area contributed by atoms with Gasteiger partial charge < -0.3 is 24.7 Å². The summed E-state index contributed by atoms with van der Waals surface area (Å²) in [4.78, 5) is 18.2. The summed E-state index contributed by atoms with van der Waals surface area (Å²) in [5.74, 6) is 3.19. The number of aryl methyl sites for hydroxylation is 1. The van der Waals surface area contributed by atoms with Gasteiger partial charge in [-0.05, 0) is 44.5 Å². The molecule has 2 heterocycles. The van der Waals surface area contributed by atoms with Gasteiger partial charge in [-0.3, -0.25) is 9.79 Å². The molecule has 1 aliphatic heterocycles. The Morgan fingerprint density at radius 3 is 2.85 bits per heavy atom. The van der Waals surface area contributed by atoms with Crippen molar-refractivity contribution in [2.45, 2.75) is 26.3 Å². The highest BCUT2D eigenvalue weighted by atomic mass is 16.5. The van der Waals surface area contributed by atoms with Crippen LogP contribution in [-0.4, -0.2) is 38.6 Å². The molecule has 1 atom stereocenters. The number of fused-ring (bicyclic) bond motifs is 1. The lowest BCUT2D eigenvalue weighted by atomic mass is 10.2. The van der Waals surface area contributed by atoms with Crippen LogP contribution in [0.4, 0.5) is 5.69 Å². The second-order valence-corrected chi connectivity index (χ2v) is 6.47. The molecule has 0 fully saturated rings. The van der Waals surface area contributed by atoms with Crippen molar-refractivity contribution >= 4 is 17.6 Å². The summed E-state index contributed by atoms with van der Waals surface area (Å²) in [6.45, 7) is 5.35. The zero-order valence-electron chi connectivity index (χ0n) is 16.0. The average Bonchev–Trinajstić information content (AvgIpc) is 3.12. The zero-order valence-corrected chi connectivity index (χ0v) is 16.0. The molecule has 0 saturated carbocycles. The number of benzene rings is 1. The number of rotatable bonds is 6. The predicted molar refractivity (Wildman–Crippen MR) is 105 cm³/mol. The first kappa shape index (κ1) is 18.8. The van der Waals surface area contributed by atoms with Gasteiger partial charge in [-0.25, -0.2) is 0 Å². The van der Waals surface area contributed by atoms with E-state index in [1.165, 1.54) is 0 Å². The summed E-state index contributed by atoms with van der Waals surface area (Å²) in [6, 6.07) is 11.5. The highest BCUT2D eigenvalue weighted by molar-refractivity contribution is 5.97. The Labute approximate surface area is 159 Å². The topological polar surface area (TPSA) is 79.1 Å². The number of guanidine groups is 1. The molecule has 0 spiro atoms. The fraction of sp³-hybridized carbons (Fsp3) is 0.400. The molecule has 144 valence electrons. The van der Waals surface area contributed by atoms with Crippen LogP contribution in [0, 0.1) is 6.92 Å². The van der Waals surface area contributed by atoms with E-state index < -0.39 is 0 Å². The van der Waals surface area contributed by atoms with E-state index in [0.29, 0.717) is 19.0 Å². The quantitative estimate of drug-likeness (QED) is 0.464. The predicted octanol–water partition coefficient (Wildman–Crippen LogP) is 2.63. The molecule has 1 aliphatic rings. The van der Waals surface area contributed by atoms with Gasteiger partial charge >= 0.3 is 0 Å². The van der Waals surface area contributed by atoms with Crippen molar-refractivity contribution in [3.63, 3.8) is 0 Å². The van der Waals surface area contributed by atoms with Crippen LogP contribution >= 0.6 is 0 Å². The third-order valence-corrected chi connectivity index (χ3v) is 4.42. The van der Waals surface area contributed by atoms with Crippen molar-refractivity contribution in [3.8, 4) is 5.75 Å². The highest BCUT2D eigenvalue weighted by Gasteiger charge is 2.24. The molecular formula is C20H26N4O3. The summed E-state index contributed by atoms with van der Waals surface area (Å²) in [5.41, 5.74) is 0.832. The van der Waals surface area contributed by atoms with Crippen molar-refractivity contribution < 1.29 is 13.9 Å². The van der Waals surface area contributed by atoms with E-state index in [1.54, 1.807) is 11.9 Å². The molecule has 1 amide bonds. The second kappa shape index (κ2) is 8.62. The summed E-state index contributed by atoms with van der Waals surface area (Å²) in [6.07, 6.45) is 0.787. The van der Waals surface area contributed by atoms with E-state index >= 15 is 0 Å². The number of nitrogens with one attached hydrogen (secondary N) is 2. The van der Waals surface area contributed by atoms with Gasteiger partial charge in [0.05, 0.1) is 11.7 Å². The van der Waals surface area contributed by atoms with Gasteiger partial charge in [0.15, 0.2) is 12.6 Å². The van der Waals surface area contributed by atoms with Crippen LogP contribution < -0.4 is 20.3 Å². The Balaban J connectivity index is 1.48. The fourth-order valence-electron chi connectivity index (χ4n) is 3.00. The van der Waals surface area contributed by atoms with Crippen molar-refractivity contribution in [1.29, 1.82) is 0 Å². The van der Waals surface area contributed by atoms with E-state index in [9.17, 15) is 4.79 Å². The van der Waals surface area contributed by atoms with Crippen molar-refractivity contribution in [2.24, 2.45) is 4.99 Å². The summed E-state index contributed by atoms with van der Waals surface area (Å²) in [5, 5.41) is 6.59. The van der Waals surface area contributed by atoms with Crippen LogP contribution in [-0.2, 0) is 4.79 Å². The first-order chi connectivity index (χ1) is 13.1. The van der Waals surface area contributed by atoms with Gasteiger partial charge in [-0.15, -0.1) is 0 Å². The third kappa shape index (κ3) is 4.61. The number of anilines is 1. The summed E-state index contributed by atoms with van der Waals surface area (Å²) in [7, 11) is 1.73. The van der Waals surface area contributed by atoms with Crippen LogP contribution in [0.1, 0.15) is 30.9 Å². The Kier molecular flexibility index (Phi) is 6.01. The van der Waals surface area contributed by atoms with Crippen molar-refractivity contribution in [1.82, 2.24) is 10.6 Å². The third-order valence-electron chi connectivity index (χ3n) is 4.42. The van der Waals surface area contributed by atoms with Gasteiger partial charge in [-0.1, -0.05) is 12.1 Å². The van der Waals surface area contributed by atoms with E-state index in [1.807, 2.05) is 50.2 Å². The number of ether oxygens (including phenoxy) is 1. The molecule has 3 rings (SSSR count). The number of aliphatic imine (C=N–C) groups is 1. The van der Waals surface area contributed by atoms with Gasteiger partial charge in [0.2, 0.25) is 0 Å². The second-order valence-electron chi connectivity index (χ2n) is 6.47. The maximum absolute atomic E-state index is 12.2. The maximum atomic E-state index is 12.2. The van der Waals surface area contributed by atoms with Gasteiger partial charge in [0.1, 0.15) is 17.3 Å². The lowest BCUT2D eigenvalue weighted by Crippen LogP contribution is -2.42. The molecule has 0 aliphatic carbocycles. The first-order valence-electron chi connectivity index (χ1n) is 9.14. The minimum atomic E-state index is -0.0157. The van der Waals surface area contributed by atoms with E-state index in [0.717, 1.165) is 29.4 Å². The normalized spacial score (nSPS) is 15.1. The molecule has 27 heavy (non-hydrogen) atoms. The largest absolute Gasteiger partial charge is 0.482 e. The molecule has 2 aromatic rings. The maximum Gasteiger partial charge on any atom is 0.265 e. The van der Waals surface area contributed by atoms with E-state index in [4.69, 9.17) is 9.15 Å². The number of hydrogen-bond donors (Lipinski definition) is 2. The smallest absolute Gasteiger partial charge is 0.265 e. The lowest BCUT2D eigenvalue weighted by molar-refractivity contribution is -0.121. The summed E-state index contributed by atoms with van der Waals surface area (Å²) < 4.78 is 11.1. The molecule has 7 heteroatoms. The van der Waals surface area contributed by atoms with Crippen LogP contribution in [0.15, 0.2) is 45.8 Å². The average molecular weight is 370 g/mol. The molecular weight excluding hydrogens is 344 g/mol. The fourth-order valence-corrected chi connectivity index (χ4v) is 3.00. The molecule has 1 unspecified atom stereocenters. The van der Waals surface area contributed by atoms with Gasteiger partial charge in [0, 0.05) is 20.1 Å². The van der Waals surface area contributed by atoms with E-state index in [2.05, 4.69) is 15.6 Å². The Morgan fingerprint density at radius 1 is 1.30 bits per heavy atom. The first-order valence-corrected chi connectivity index (χ1v) is 9.14. The van der Waals surface area contributed by atoms with Crippen LogP contribution in [0.5, 0.6) is 5.75 Å². The Morgan fingerprint density at radius 2 is 2.11 bits per heavy atom. The number of para-hydroxylation sites is 2. The molecule has 2 N–H and O–H groups in total. The number of amides is 1. The molecule has 7 nitrogen and oxygen atoms in total.